The number of hydrogen-bond donors (Lipinski definition) is 6. The number of aliphatic hydroxyl groups is 5. The van der Waals surface area contributed by atoms with Crippen LogP contribution in [0.2, 0.25) is 0 Å². The number of hydrogen-bond acceptors (Lipinski definition) is 8. The predicted octanol–water partition coefficient (Wildman–Crippen LogP) is 11.1. The van der Waals surface area contributed by atoms with Gasteiger partial charge in [-0.25, -0.2) is 0 Å². The van der Waals surface area contributed by atoms with Gasteiger partial charge < -0.3 is 40.3 Å². The zero-order valence-corrected chi connectivity index (χ0v) is 38.3. The van der Waals surface area contributed by atoms with Crippen LogP contribution in [0.5, 0.6) is 0 Å². The van der Waals surface area contributed by atoms with Gasteiger partial charge in [0.05, 0.1) is 25.4 Å². The molecule has 1 aliphatic rings. The lowest BCUT2D eigenvalue weighted by Gasteiger charge is -2.40. The van der Waals surface area contributed by atoms with Crippen molar-refractivity contribution in [1.29, 1.82) is 0 Å². The Bertz CT molecular complexity index is 977. The minimum Gasteiger partial charge on any atom is -0.394 e. The first-order valence-electron chi connectivity index (χ1n) is 25.1. The van der Waals surface area contributed by atoms with Gasteiger partial charge in [-0.1, -0.05) is 205 Å². The molecule has 0 bridgehead atoms. The standard InChI is InChI=1S/C50H95NO8/c1-3-5-7-9-11-13-14-15-16-17-18-19-20-21-22-23-24-25-26-27-28-29-30-32-34-36-38-40-46(54)51-43(44(53)39-37-35-33-31-12-10-8-6-4-2)42-58-50-49(57)48(56)47(55)45(41-52)59-50/h21-22,37,39,43-45,47-50,52-53,55-57H,3-20,23-36,38,40-42H2,1-2H3,(H,51,54)/b22-21-,39-37+. The first kappa shape index (κ1) is 55.7. The van der Waals surface area contributed by atoms with Gasteiger partial charge in [-0.05, 0) is 44.9 Å². The van der Waals surface area contributed by atoms with Crippen LogP contribution >= 0.6 is 0 Å². The number of unbranched alkanes of at least 4 members (excludes halogenated alkanes) is 30. The summed E-state index contributed by atoms with van der Waals surface area (Å²) in [6, 6.07) is -0.800. The fraction of sp³-hybridized carbons (Fsp3) is 0.900. The normalized spacial score (nSPS) is 20.8. The highest BCUT2D eigenvalue weighted by Gasteiger charge is 2.44. The summed E-state index contributed by atoms with van der Waals surface area (Å²) in [5.41, 5.74) is 0. The molecule has 7 atom stereocenters. The molecular formula is C50H95NO8. The molecule has 0 aromatic carbocycles. The molecule has 1 saturated heterocycles. The number of amides is 1. The van der Waals surface area contributed by atoms with E-state index in [1.165, 1.54) is 173 Å². The van der Waals surface area contributed by atoms with E-state index in [9.17, 15) is 30.3 Å². The zero-order chi connectivity index (χ0) is 43.0. The van der Waals surface area contributed by atoms with Gasteiger partial charge in [0.25, 0.3) is 0 Å². The topological polar surface area (TPSA) is 149 Å². The van der Waals surface area contributed by atoms with Crippen LogP contribution < -0.4 is 5.32 Å². The Morgan fingerprint density at radius 1 is 0.559 bits per heavy atom. The zero-order valence-electron chi connectivity index (χ0n) is 38.3. The molecular weight excluding hydrogens is 743 g/mol. The number of carbonyl (C=O) groups is 1. The molecule has 348 valence electrons. The van der Waals surface area contributed by atoms with Gasteiger partial charge in [0.1, 0.15) is 24.4 Å². The van der Waals surface area contributed by atoms with E-state index < -0.39 is 49.5 Å². The molecule has 1 fully saturated rings. The molecule has 0 radical (unpaired) electrons. The van der Waals surface area contributed by atoms with E-state index >= 15 is 0 Å². The number of ether oxygens (including phenoxy) is 2. The number of carbonyl (C=O) groups excluding carboxylic acids is 1. The third kappa shape index (κ3) is 31.2. The van der Waals surface area contributed by atoms with Gasteiger partial charge in [0.15, 0.2) is 6.29 Å². The van der Waals surface area contributed by atoms with E-state index in [2.05, 4.69) is 31.3 Å². The maximum atomic E-state index is 12.9. The van der Waals surface area contributed by atoms with Gasteiger partial charge in [0.2, 0.25) is 5.91 Å². The monoisotopic (exact) mass is 838 g/mol. The smallest absolute Gasteiger partial charge is 0.220 e. The first-order valence-corrected chi connectivity index (χ1v) is 25.1. The van der Waals surface area contributed by atoms with Gasteiger partial charge in [0, 0.05) is 6.42 Å². The van der Waals surface area contributed by atoms with Crippen molar-refractivity contribution >= 4 is 5.91 Å². The van der Waals surface area contributed by atoms with Crippen LogP contribution in [0.25, 0.3) is 0 Å². The van der Waals surface area contributed by atoms with Crippen molar-refractivity contribution in [2.45, 2.75) is 275 Å². The second-order valence-electron chi connectivity index (χ2n) is 17.6. The van der Waals surface area contributed by atoms with Crippen molar-refractivity contribution in [3.8, 4) is 0 Å². The van der Waals surface area contributed by atoms with Crippen LogP contribution in [-0.4, -0.2) is 87.5 Å². The van der Waals surface area contributed by atoms with Crippen molar-refractivity contribution in [2.75, 3.05) is 13.2 Å². The van der Waals surface area contributed by atoms with Crippen LogP contribution in [0.1, 0.15) is 232 Å². The molecule has 9 heteroatoms. The molecule has 1 aliphatic heterocycles. The maximum Gasteiger partial charge on any atom is 0.220 e. The average Bonchev–Trinajstić information content (AvgIpc) is 3.23. The minimum atomic E-state index is -1.56. The third-order valence-corrected chi connectivity index (χ3v) is 12.0. The molecule has 9 nitrogen and oxygen atoms in total. The molecule has 1 heterocycles. The minimum absolute atomic E-state index is 0.179. The molecule has 0 saturated carbocycles. The predicted molar refractivity (Wildman–Crippen MR) is 244 cm³/mol. The summed E-state index contributed by atoms with van der Waals surface area (Å²) < 4.78 is 11.2. The van der Waals surface area contributed by atoms with E-state index in [1.807, 2.05) is 6.08 Å². The summed E-state index contributed by atoms with van der Waals surface area (Å²) in [5, 5.41) is 54.1. The molecule has 1 amide bonds. The first-order chi connectivity index (χ1) is 28.8. The average molecular weight is 838 g/mol. The van der Waals surface area contributed by atoms with Crippen LogP contribution in [0, 0.1) is 0 Å². The SMILES string of the molecule is CCCCCCCCC/C=C/C(O)C(COC1OC(CO)C(O)C(O)C1O)NC(=O)CCCCCCCCCCCCC/C=C\CCCCCCCCCCCCCC. The molecule has 0 aliphatic carbocycles. The summed E-state index contributed by atoms with van der Waals surface area (Å²) in [6.45, 7) is 3.75. The van der Waals surface area contributed by atoms with Crippen LogP contribution in [-0.2, 0) is 14.3 Å². The Hall–Kier alpha value is -1.33. The summed E-state index contributed by atoms with van der Waals surface area (Å²) in [6.07, 6.45) is 42.5. The summed E-state index contributed by atoms with van der Waals surface area (Å²) in [7, 11) is 0. The van der Waals surface area contributed by atoms with Crippen molar-refractivity contribution < 1.29 is 39.8 Å². The van der Waals surface area contributed by atoms with E-state index in [4.69, 9.17) is 9.47 Å². The Labute approximate surface area is 362 Å². The van der Waals surface area contributed by atoms with Crippen molar-refractivity contribution in [1.82, 2.24) is 5.32 Å². The Morgan fingerprint density at radius 2 is 0.949 bits per heavy atom. The largest absolute Gasteiger partial charge is 0.394 e. The number of nitrogens with one attached hydrogen (secondary N) is 1. The van der Waals surface area contributed by atoms with Crippen LogP contribution in [0.4, 0.5) is 0 Å². The van der Waals surface area contributed by atoms with E-state index in [-0.39, 0.29) is 12.5 Å². The second-order valence-corrected chi connectivity index (χ2v) is 17.6. The molecule has 0 aromatic rings. The molecule has 6 N–H and O–H groups in total. The second kappa shape index (κ2) is 40.7. The van der Waals surface area contributed by atoms with Crippen LogP contribution in [0.3, 0.4) is 0 Å². The third-order valence-electron chi connectivity index (χ3n) is 12.0. The van der Waals surface area contributed by atoms with Crippen molar-refractivity contribution in [2.24, 2.45) is 0 Å². The molecule has 0 spiro atoms. The van der Waals surface area contributed by atoms with Gasteiger partial charge in [-0.15, -0.1) is 0 Å². The summed E-state index contributed by atoms with van der Waals surface area (Å²) >= 11 is 0. The lowest BCUT2D eigenvalue weighted by molar-refractivity contribution is -0.302. The maximum absolute atomic E-state index is 12.9. The fourth-order valence-corrected chi connectivity index (χ4v) is 7.97. The van der Waals surface area contributed by atoms with E-state index in [0.717, 1.165) is 38.5 Å². The summed E-state index contributed by atoms with van der Waals surface area (Å²) in [5.74, 6) is -0.179. The lowest BCUT2D eigenvalue weighted by atomic mass is 9.99. The van der Waals surface area contributed by atoms with Crippen molar-refractivity contribution in [3.63, 3.8) is 0 Å². The number of allylic oxidation sites excluding steroid dienone is 3. The van der Waals surface area contributed by atoms with E-state index in [1.54, 1.807) is 6.08 Å². The Kier molecular flexibility index (Phi) is 38.4. The van der Waals surface area contributed by atoms with Crippen LogP contribution in [0.15, 0.2) is 24.3 Å². The van der Waals surface area contributed by atoms with Crippen molar-refractivity contribution in [3.05, 3.63) is 24.3 Å². The molecule has 59 heavy (non-hydrogen) atoms. The Balaban J connectivity index is 2.16. The highest BCUT2D eigenvalue weighted by molar-refractivity contribution is 5.76. The molecule has 7 unspecified atom stereocenters. The highest BCUT2D eigenvalue weighted by atomic mass is 16.7. The molecule has 0 aromatic heterocycles. The van der Waals surface area contributed by atoms with Gasteiger partial charge >= 0.3 is 0 Å². The lowest BCUT2D eigenvalue weighted by Crippen LogP contribution is -2.60. The molecule has 1 rings (SSSR count). The highest BCUT2D eigenvalue weighted by Crippen LogP contribution is 2.23. The van der Waals surface area contributed by atoms with Gasteiger partial charge in [-0.3, -0.25) is 4.79 Å². The summed E-state index contributed by atoms with van der Waals surface area (Å²) in [4.78, 5) is 12.9. The van der Waals surface area contributed by atoms with Gasteiger partial charge in [-0.2, -0.15) is 0 Å². The number of aliphatic hydroxyl groups excluding tert-OH is 5. The quantitative estimate of drug-likeness (QED) is 0.0263. The Morgan fingerprint density at radius 3 is 1.37 bits per heavy atom. The van der Waals surface area contributed by atoms with E-state index in [0.29, 0.717) is 6.42 Å². The number of rotatable bonds is 42. The fourth-order valence-electron chi connectivity index (χ4n) is 7.97.